The molecule has 3 aromatic carbocycles. The van der Waals surface area contributed by atoms with Gasteiger partial charge in [-0.25, -0.2) is 9.37 Å². The Labute approximate surface area is 252 Å². The molecule has 1 aliphatic rings. The maximum atomic E-state index is 13.7. The van der Waals surface area contributed by atoms with Gasteiger partial charge in [0.05, 0.1) is 24.2 Å². The molecule has 0 aliphatic heterocycles. The van der Waals surface area contributed by atoms with Crippen LogP contribution in [0.25, 0.3) is 10.9 Å². The maximum absolute atomic E-state index is 13.7. The van der Waals surface area contributed by atoms with Gasteiger partial charge < -0.3 is 14.8 Å². The molecule has 212 valence electrons. The summed E-state index contributed by atoms with van der Waals surface area (Å²) in [4.78, 5) is 31.1. The molecule has 4 aromatic rings. The van der Waals surface area contributed by atoms with Crippen LogP contribution in [-0.2, 0) is 4.79 Å². The molecule has 8 nitrogen and oxygen atoms in total. The van der Waals surface area contributed by atoms with Crippen molar-refractivity contribution in [2.75, 3.05) is 19.0 Å². The zero-order valence-electron chi connectivity index (χ0n) is 22.2. The van der Waals surface area contributed by atoms with Gasteiger partial charge in [-0.3, -0.25) is 9.59 Å². The number of rotatable bonds is 8. The Hall–Kier alpha value is -3.57. The minimum atomic E-state index is -0.440. The summed E-state index contributed by atoms with van der Waals surface area (Å²) in [6.07, 6.45) is 6.70. The number of hydrogen-bond acceptors (Lipinski definition) is 6. The van der Waals surface area contributed by atoms with Gasteiger partial charge in [-0.1, -0.05) is 51.1 Å². The Bertz CT molecular complexity index is 1670. The van der Waals surface area contributed by atoms with Gasteiger partial charge in [-0.05, 0) is 67.4 Å². The Morgan fingerprint density at radius 1 is 1.10 bits per heavy atom. The van der Waals surface area contributed by atoms with Crippen molar-refractivity contribution in [1.82, 2.24) is 9.66 Å². The van der Waals surface area contributed by atoms with Crippen LogP contribution in [0.3, 0.4) is 0 Å². The fourth-order valence-corrected chi connectivity index (χ4v) is 5.70. The summed E-state index contributed by atoms with van der Waals surface area (Å²) < 4.78 is 27.5. The van der Waals surface area contributed by atoms with E-state index in [1.807, 2.05) is 12.1 Å². The number of amides is 1. The molecule has 11 heteroatoms. The number of anilines is 1. The summed E-state index contributed by atoms with van der Waals surface area (Å²) in [6, 6.07) is 14.4. The van der Waals surface area contributed by atoms with E-state index in [4.69, 9.17) is 14.5 Å². The maximum Gasteiger partial charge on any atom is 0.282 e. The lowest BCUT2D eigenvalue weighted by molar-refractivity contribution is -0.118. The van der Waals surface area contributed by atoms with Crippen molar-refractivity contribution < 1.29 is 18.7 Å². The molecule has 1 fully saturated rings. The molecule has 0 radical (unpaired) electrons. The number of aromatic nitrogens is 2. The minimum absolute atomic E-state index is 0.115. The monoisotopic (exact) mass is 684 g/mol. The summed E-state index contributed by atoms with van der Waals surface area (Å²) in [7, 11) is 1.49. The first-order valence-corrected chi connectivity index (χ1v) is 14.7. The van der Waals surface area contributed by atoms with Crippen molar-refractivity contribution in [1.29, 1.82) is 0 Å². The minimum Gasteiger partial charge on any atom is -0.493 e. The molecule has 5 rings (SSSR count). The van der Waals surface area contributed by atoms with Crippen LogP contribution in [0.1, 0.15) is 49.4 Å². The Morgan fingerprint density at radius 2 is 1.85 bits per heavy atom. The molecule has 0 spiro atoms. The summed E-state index contributed by atoms with van der Waals surface area (Å²) in [5, 5.41) is 7.74. The normalized spacial score (nSPS) is 14.0. The highest BCUT2D eigenvalue weighted by Gasteiger charge is 2.23. The largest absolute Gasteiger partial charge is 0.493 e. The Kier molecular flexibility index (Phi) is 9.14. The number of nitrogens with one attached hydrogen (secondary N) is 1. The van der Waals surface area contributed by atoms with Crippen LogP contribution in [0.4, 0.5) is 10.1 Å². The predicted molar refractivity (Wildman–Crippen MR) is 164 cm³/mol. The van der Waals surface area contributed by atoms with Crippen molar-refractivity contribution >= 4 is 60.6 Å². The van der Waals surface area contributed by atoms with Crippen LogP contribution < -0.4 is 20.3 Å². The average molecular weight is 686 g/mol. The molecule has 0 saturated heterocycles. The standard InChI is InChI=1S/C30H27Br2FN4O4/c1-40-26-15-21(32)13-19(28(26)41-17-27(38)35-23-10-8-22(33)9-11-23)16-34-37-29(18-5-3-2-4-6-18)36-25-12-7-20(31)14-24(25)30(37)39/h7-16,18H,2-6,17H2,1H3,(H,35,38). The third-order valence-electron chi connectivity index (χ3n) is 6.86. The van der Waals surface area contributed by atoms with Crippen molar-refractivity contribution in [2.24, 2.45) is 5.10 Å². The van der Waals surface area contributed by atoms with Crippen molar-refractivity contribution in [3.8, 4) is 11.5 Å². The molecule has 1 heterocycles. The van der Waals surface area contributed by atoms with E-state index in [0.29, 0.717) is 38.2 Å². The molecule has 1 aromatic heterocycles. The van der Waals surface area contributed by atoms with Gasteiger partial charge >= 0.3 is 0 Å². The fourth-order valence-electron chi connectivity index (χ4n) is 4.88. The molecule has 0 atom stereocenters. The molecular formula is C30H27Br2FN4O4. The van der Waals surface area contributed by atoms with Crippen LogP contribution >= 0.6 is 31.9 Å². The van der Waals surface area contributed by atoms with E-state index >= 15 is 0 Å². The number of ether oxygens (including phenoxy) is 2. The van der Waals surface area contributed by atoms with E-state index in [0.717, 1.165) is 36.6 Å². The number of fused-ring (bicyclic) bond motifs is 1. The average Bonchev–Trinajstić information content (AvgIpc) is 2.97. The van der Waals surface area contributed by atoms with Gasteiger partial charge in [0.25, 0.3) is 11.5 Å². The second-order valence-electron chi connectivity index (χ2n) is 9.70. The summed E-state index contributed by atoms with van der Waals surface area (Å²) >= 11 is 6.93. The smallest absolute Gasteiger partial charge is 0.282 e. The molecule has 41 heavy (non-hydrogen) atoms. The van der Waals surface area contributed by atoms with Gasteiger partial charge in [0.2, 0.25) is 0 Å². The van der Waals surface area contributed by atoms with E-state index in [1.165, 1.54) is 42.3 Å². The van der Waals surface area contributed by atoms with Gasteiger partial charge in [-0.15, -0.1) is 0 Å². The van der Waals surface area contributed by atoms with Gasteiger partial charge in [0.1, 0.15) is 11.6 Å². The van der Waals surface area contributed by atoms with Crippen LogP contribution in [0.2, 0.25) is 0 Å². The van der Waals surface area contributed by atoms with Crippen LogP contribution in [0.15, 0.2) is 73.4 Å². The lowest BCUT2D eigenvalue weighted by Crippen LogP contribution is -2.25. The number of carbonyl (C=O) groups is 1. The highest BCUT2D eigenvalue weighted by molar-refractivity contribution is 9.10. The first kappa shape index (κ1) is 28.9. The zero-order valence-corrected chi connectivity index (χ0v) is 25.4. The van der Waals surface area contributed by atoms with E-state index in [9.17, 15) is 14.0 Å². The molecule has 0 unspecified atom stereocenters. The van der Waals surface area contributed by atoms with E-state index in [1.54, 1.807) is 18.2 Å². The van der Waals surface area contributed by atoms with Gasteiger partial charge in [0, 0.05) is 26.1 Å². The van der Waals surface area contributed by atoms with Crippen molar-refractivity contribution in [2.45, 2.75) is 38.0 Å². The van der Waals surface area contributed by atoms with E-state index < -0.39 is 11.7 Å². The van der Waals surface area contributed by atoms with Crippen molar-refractivity contribution in [3.63, 3.8) is 0 Å². The summed E-state index contributed by atoms with van der Waals surface area (Å²) in [5.74, 6) is 0.550. The number of benzene rings is 3. The molecule has 0 bridgehead atoms. The van der Waals surface area contributed by atoms with Crippen molar-refractivity contribution in [3.05, 3.63) is 91.1 Å². The molecule has 1 N–H and O–H groups in total. The van der Waals surface area contributed by atoms with Crippen LogP contribution in [-0.4, -0.2) is 35.5 Å². The molecular weight excluding hydrogens is 659 g/mol. The quantitative estimate of drug-likeness (QED) is 0.201. The second-order valence-corrected chi connectivity index (χ2v) is 11.5. The highest BCUT2D eigenvalue weighted by atomic mass is 79.9. The third kappa shape index (κ3) is 6.84. The number of carbonyl (C=O) groups excluding carboxylic acids is 1. The zero-order chi connectivity index (χ0) is 28.9. The van der Waals surface area contributed by atoms with Gasteiger partial charge in [0.15, 0.2) is 18.1 Å². The van der Waals surface area contributed by atoms with E-state index in [-0.39, 0.29) is 23.8 Å². The number of methoxy groups -OCH3 is 1. The van der Waals surface area contributed by atoms with Gasteiger partial charge in [-0.2, -0.15) is 9.78 Å². The molecule has 1 saturated carbocycles. The second kappa shape index (κ2) is 12.9. The van der Waals surface area contributed by atoms with Crippen LogP contribution in [0, 0.1) is 5.82 Å². The first-order chi connectivity index (χ1) is 19.8. The topological polar surface area (TPSA) is 94.8 Å². The number of hydrogen-bond donors (Lipinski definition) is 1. The number of nitrogens with zero attached hydrogens (tertiary/aromatic N) is 3. The Morgan fingerprint density at radius 3 is 2.59 bits per heavy atom. The highest BCUT2D eigenvalue weighted by Crippen LogP contribution is 2.35. The molecule has 1 aliphatic carbocycles. The SMILES string of the molecule is COc1cc(Br)cc(C=Nn2c(C3CCCCC3)nc3ccc(Br)cc3c2=O)c1OCC(=O)Nc1ccc(F)cc1. The third-order valence-corrected chi connectivity index (χ3v) is 7.81. The summed E-state index contributed by atoms with van der Waals surface area (Å²) in [6.45, 7) is -0.338. The lowest BCUT2D eigenvalue weighted by atomic mass is 9.88. The van der Waals surface area contributed by atoms with E-state index in [2.05, 4.69) is 42.3 Å². The molecule has 1 amide bonds. The fraction of sp³-hybridized carbons (Fsp3) is 0.267. The lowest BCUT2D eigenvalue weighted by Gasteiger charge is -2.23. The number of halogens is 3. The van der Waals surface area contributed by atoms with Crippen LogP contribution in [0.5, 0.6) is 11.5 Å². The first-order valence-electron chi connectivity index (χ1n) is 13.1. The predicted octanol–water partition coefficient (Wildman–Crippen LogP) is 7.02. The summed E-state index contributed by atoms with van der Waals surface area (Å²) in [5.41, 5.74) is 1.29. The Balaban J connectivity index is 1.50.